The molecular weight excluding hydrogens is 731 g/mol. The largest absolute Gasteiger partial charge is 0.445 e. The molecule has 1 aliphatic rings. The van der Waals surface area contributed by atoms with E-state index in [4.69, 9.17) is 19.9 Å². The summed E-state index contributed by atoms with van der Waals surface area (Å²) in [5.74, 6) is -0.859. The first kappa shape index (κ1) is 41.9. The van der Waals surface area contributed by atoms with Crippen LogP contribution in [0.2, 0.25) is 0 Å². The number of alkyl carbamates (subject to hydrolysis) is 2. The van der Waals surface area contributed by atoms with Gasteiger partial charge in [0.2, 0.25) is 5.91 Å². The Morgan fingerprint density at radius 2 is 1.65 bits per heavy atom. The molecule has 2 aromatic carbocycles. The number of benzene rings is 2. The molecule has 57 heavy (non-hydrogen) atoms. The molecular formula is C41H51N9O7. The number of pyridine rings is 1. The number of hydrogen-bond donors (Lipinski definition) is 5. The fourth-order valence-corrected chi connectivity index (χ4v) is 5.90. The third kappa shape index (κ3) is 13.5. The molecule has 2 aromatic heterocycles. The summed E-state index contributed by atoms with van der Waals surface area (Å²) >= 11 is 0. The van der Waals surface area contributed by atoms with E-state index in [1.165, 1.54) is 6.20 Å². The molecule has 1 atom stereocenters. The number of carbonyl (C=O) groups is 4. The molecule has 1 aliphatic heterocycles. The first-order valence-corrected chi connectivity index (χ1v) is 19.0. The Morgan fingerprint density at radius 3 is 2.39 bits per heavy atom. The maximum atomic E-state index is 13.4. The molecule has 0 radical (unpaired) electrons. The summed E-state index contributed by atoms with van der Waals surface area (Å²) in [7, 11) is 0. The van der Waals surface area contributed by atoms with Crippen molar-refractivity contribution in [2.45, 2.75) is 64.7 Å². The average molecular weight is 782 g/mol. The second kappa shape index (κ2) is 20.6. The van der Waals surface area contributed by atoms with Gasteiger partial charge >= 0.3 is 12.2 Å². The van der Waals surface area contributed by atoms with Gasteiger partial charge in [-0.25, -0.2) is 19.6 Å². The summed E-state index contributed by atoms with van der Waals surface area (Å²) in [5, 5.41) is 11.2. The summed E-state index contributed by atoms with van der Waals surface area (Å²) in [4.78, 5) is 66.4. The first-order chi connectivity index (χ1) is 27.4. The number of rotatable bonds is 16. The number of carbonyl (C=O) groups excluding carboxylic acids is 4. The lowest BCUT2D eigenvalue weighted by Crippen LogP contribution is -2.48. The van der Waals surface area contributed by atoms with Crippen LogP contribution in [0.15, 0.2) is 79.3 Å². The van der Waals surface area contributed by atoms with E-state index in [0.29, 0.717) is 76.5 Å². The number of nitrogens with one attached hydrogen (secondary N) is 4. The van der Waals surface area contributed by atoms with Crippen molar-refractivity contribution in [3.05, 3.63) is 96.1 Å². The second-order valence-electron chi connectivity index (χ2n) is 14.4. The van der Waals surface area contributed by atoms with Gasteiger partial charge < -0.3 is 46.1 Å². The van der Waals surface area contributed by atoms with E-state index >= 15 is 0 Å². The Bertz CT molecular complexity index is 1950. The van der Waals surface area contributed by atoms with Gasteiger partial charge in [0.05, 0.1) is 42.7 Å². The number of hydrogen-bond acceptors (Lipinski definition) is 12. The molecule has 6 N–H and O–H groups in total. The van der Waals surface area contributed by atoms with E-state index < -0.39 is 29.7 Å². The van der Waals surface area contributed by atoms with Crippen molar-refractivity contribution >= 4 is 41.2 Å². The Kier molecular flexibility index (Phi) is 15.1. The summed E-state index contributed by atoms with van der Waals surface area (Å²) in [6, 6.07) is 17.9. The molecule has 16 heteroatoms. The minimum absolute atomic E-state index is 0.00390. The molecule has 4 amide bonds. The highest BCUT2D eigenvalue weighted by Crippen LogP contribution is 2.27. The Morgan fingerprint density at radius 1 is 0.895 bits per heavy atom. The van der Waals surface area contributed by atoms with Crippen molar-refractivity contribution in [1.29, 1.82) is 0 Å². The molecule has 0 aliphatic carbocycles. The van der Waals surface area contributed by atoms with Crippen LogP contribution >= 0.6 is 0 Å². The van der Waals surface area contributed by atoms with Crippen molar-refractivity contribution in [2.75, 3.05) is 55.3 Å². The molecule has 16 nitrogen and oxygen atoms in total. The SMILES string of the molecule is CC(C)(C)OC(=O)NC(CCCCNC(=O)OCc1ccccc1)C(=O)NCCc1ccc(-c2cnc(N)c(C(=O)Nc3cnccc3N3CCOCC3)n2)cc1. The van der Waals surface area contributed by atoms with Gasteiger partial charge in [0.15, 0.2) is 11.5 Å². The van der Waals surface area contributed by atoms with Crippen molar-refractivity contribution in [3.63, 3.8) is 0 Å². The van der Waals surface area contributed by atoms with E-state index in [2.05, 4.69) is 41.1 Å². The predicted octanol–water partition coefficient (Wildman–Crippen LogP) is 4.86. The van der Waals surface area contributed by atoms with Crippen molar-refractivity contribution in [3.8, 4) is 11.3 Å². The molecule has 3 heterocycles. The molecule has 0 saturated carbocycles. The maximum Gasteiger partial charge on any atom is 0.408 e. The number of nitrogens with zero attached hydrogens (tertiary/aromatic N) is 4. The van der Waals surface area contributed by atoms with Crippen molar-refractivity contribution < 1.29 is 33.4 Å². The van der Waals surface area contributed by atoms with Crippen LogP contribution in [0.5, 0.6) is 0 Å². The van der Waals surface area contributed by atoms with E-state index in [9.17, 15) is 19.2 Å². The lowest BCUT2D eigenvalue weighted by atomic mass is 10.1. The maximum absolute atomic E-state index is 13.4. The molecule has 5 rings (SSSR count). The predicted molar refractivity (Wildman–Crippen MR) is 215 cm³/mol. The Hall–Kier alpha value is -6.29. The van der Waals surface area contributed by atoms with Gasteiger partial charge in [0, 0.05) is 37.9 Å². The van der Waals surface area contributed by atoms with E-state index in [-0.39, 0.29) is 24.0 Å². The van der Waals surface area contributed by atoms with E-state index in [0.717, 1.165) is 22.4 Å². The molecule has 0 spiro atoms. The highest BCUT2D eigenvalue weighted by Gasteiger charge is 2.24. The van der Waals surface area contributed by atoms with Gasteiger partial charge in [0.1, 0.15) is 18.2 Å². The minimum atomic E-state index is -0.841. The summed E-state index contributed by atoms with van der Waals surface area (Å²) in [6.45, 7) is 8.63. The van der Waals surface area contributed by atoms with Crippen molar-refractivity contribution in [2.24, 2.45) is 0 Å². The van der Waals surface area contributed by atoms with Gasteiger partial charge in [-0.2, -0.15) is 0 Å². The molecule has 1 fully saturated rings. The zero-order valence-electron chi connectivity index (χ0n) is 32.6. The second-order valence-corrected chi connectivity index (χ2v) is 14.4. The highest BCUT2D eigenvalue weighted by atomic mass is 16.6. The van der Waals surface area contributed by atoms with Gasteiger partial charge in [0.25, 0.3) is 5.91 Å². The number of anilines is 3. The average Bonchev–Trinajstić information content (AvgIpc) is 3.20. The number of nitrogen functional groups attached to an aromatic ring is 1. The summed E-state index contributed by atoms with van der Waals surface area (Å²) < 4.78 is 16.1. The summed E-state index contributed by atoms with van der Waals surface area (Å²) in [6.07, 6.45) is 5.51. The zero-order valence-corrected chi connectivity index (χ0v) is 32.6. The van der Waals surface area contributed by atoms with Crippen LogP contribution < -0.4 is 31.9 Å². The quantitative estimate of drug-likeness (QED) is 0.0966. The lowest BCUT2D eigenvalue weighted by Gasteiger charge is -2.30. The van der Waals surface area contributed by atoms with Gasteiger partial charge in [-0.15, -0.1) is 0 Å². The number of morpholine rings is 1. The fraction of sp³-hybridized carbons (Fsp3) is 0.390. The third-order valence-electron chi connectivity index (χ3n) is 8.79. The van der Waals surface area contributed by atoms with Crippen LogP contribution in [0.3, 0.4) is 0 Å². The molecule has 302 valence electrons. The molecule has 1 unspecified atom stereocenters. The van der Waals surface area contributed by atoms with Gasteiger partial charge in [-0.3, -0.25) is 14.6 Å². The fourth-order valence-electron chi connectivity index (χ4n) is 5.90. The minimum Gasteiger partial charge on any atom is -0.445 e. The number of ether oxygens (including phenoxy) is 3. The Labute approximate surface area is 332 Å². The van der Waals surface area contributed by atoms with Crippen LogP contribution in [-0.2, 0) is 32.0 Å². The standard InChI is InChI=1S/C41H51N9O7/c1-41(2,3)57-40(54)49-31(11-7-8-18-45-39(53)56-27-29-9-5-4-6-10-29)37(51)44-20-16-28-12-14-30(15-13-28)32-26-46-36(42)35(47-32)38(52)48-33-25-43-19-17-34(33)50-21-23-55-24-22-50/h4-6,9-10,12-15,17,19,25-26,31H,7-8,11,16,18,20-24,27H2,1-3H3,(H2,42,46)(H,44,51)(H,45,53)(H,48,52)(H,49,54). The van der Waals surface area contributed by atoms with Crippen LogP contribution in [-0.4, -0.2) is 90.0 Å². The van der Waals surface area contributed by atoms with Crippen LogP contribution in [0.1, 0.15) is 61.6 Å². The number of nitrogens with two attached hydrogens (primary N) is 1. The van der Waals surface area contributed by atoms with Crippen molar-refractivity contribution in [1.82, 2.24) is 30.9 Å². The smallest absolute Gasteiger partial charge is 0.408 e. The highest BCUT2D eigenvalue weighted by molar-refractivity contribution is 6.07. The monoisotopic (exact) mass is 781 g/mol. The van der Waals surface area contributed by atoms with Crippen LogP contribution in [0.25, 0.3) is 11.3 Å². The van der Waals surface area contributed by atoms with E-state index in [1.54, 1.807) is 33.2 Å². The first-order valence-electron chi connectivity index (χ1n) is 19.0. The van der Waals surface area contributed by atoms with Crippen LogP contribution in [0, 0.1) is 0 Å². The number of aromatic nitrogens is 3. The zero-order chi connectivity index (χ0) is 40.6. The van der Waals surface area contributed by atoms with Gasteiger partial charge in [-0.05, 0) is 63.6 Å². The number of amides is 4. The van der Waals surface area contributed by atoms with E-state index in [1.807, 2.05) is 60.7 Å². The summed E-state index contributed by atoms with van der Waals surface area (Å²) in [5.41, 5.74) is 9.72. The third-order valence-corrected chi connectivity index (χ3v) is 8.79. The Balaban J connectivity index is 1.11. The topological polar surface area (TPSA) is 212 Å². The number of unbranched alkanes of at least 4 members (excludes halogenated alkanes) is 1. The lowest BCUT2D eigenvalue weighted by molar-refractivity contribution is -0.123. The van der Waals surface area contributed by atoms with Gasteiger partial charge in [-0.1, -0.05) is 54.6 Å². The van der Waals surface area contributed by atoms with Crippen LogP contribution in [0.4, 0.5) is 26.8 Å². The molecule has 1 saturated heterocycles. The normalized spacial score (nSPS) is 13.2. The molecule has 4 aromatic rings. The molecule has 0 bridgehead atoms.